The molecule has 0 aliphatic carbocycles. The van der Waals surface area contributed by atoms with Crippen LogP contribution in [0.1, 0.15) is 45.6 Å². The summed E-state index contributed by atoms with van der Waals surface area (Å²) in [5.74, 6) is 0. The molecule has 6 nitrogen and oxygen atoms in total. The molecule has 1 rings (SSSR count). The Morgan fingerprint density at radius 1 is 1.23 bits per heavy atom. The number of carbonyl (C=O) groups is 1. The zero-order valence-electron chi connectivity index (χ0n) is 15.9. The van der Waals surface area contributed by atoms with Gasteiger partial charge in [-0.15, -0.1) is 0 Å². The molecular weight excluding hydrogens is 350 g/mol. The first-order valence-electron chi connectivity index (χ1n) is 8.94. The molecule has 26 heavy (non-hydrogen) atoms. The maximum atomic E-state index is 11.6. The third kappa shape index (κ3) is 10.9. The Hall–Kier alpha value is -1.86. The van der Waals surface area contributed by atoms with E-state index in [-0.39, 0.29) is 24.8 Å². The summed E-state index contributed by atoms with van der Waals surface area (Å²) in [6.45, 7) is 6.89. The molecule has 0 unspecified atom stereocenters. The lowest BCUT2D eigenvalue weighted by molar-refractivity contribution is 0.139. The molecule has 1 amide bonds. The summed E-state index contributed by atoms with van der Waals surface area (Å²) in [7, 11) is 0. The van der Waals surface area contributed by atoms with Crippen molar-refractivity contribution < 1.29 is 14.6 Å². The van der Waals surface area contributed by atoms with Crippen molar-refractivity contribution in [2.45, 2.75) is 58.2 Å². The molecule has 0 saturated carbocycles. The van der Waals surface area contributed by atoms with Crippen LogP contribution in [0.25, 0.3) is 0 Å². The highest BCUT2D eigenvalue weighted by atomic mass is 32.1. The van der Waals surface area contributed by atoms with Gasteiger partial charge in [0.15, 0.2) is 5.11 Å². The smallest absolute Gasteiger partial charge is 0.407 e. The number of alkyl carbamates (subject to hydrolysis) is 1. The Morgan fingerprint density at radius 2 is 1.92 bits per heavy atom. The highest BCUT2D eigenvalue weighted by Gasteiger charge is 2.14. The summed E-state index contributed by atoms with van der Waals surface area (Å²) < 4.78 is 5.15. The fourth-order valence-electron chi connectivity index (χ4n) is 2.25. The van der Waals surface area contributed by atoms with Crippen molar-refractivity contribution in [2.75, 3.05) is 13.2 Å². The number of hydrogen-bond donors (Lipinski definition) is 4. The summed E-state index contributed by atoms with van der Waals surface area (Å²) in [6.07, 6.45) is 2.01. The predicted octanol–water partition coefficient (Wildman–Crippen LogP) is 2.71. The maximum absolute atomic E-state index is 11.6. The Balaban J connectivity index is 2.12. The van der Waals surface area contributed by atoms with Gasteiger partial charge in [0.05, 0.1) is 12.6 Å². The highest BCUT2D eigenvalue weighted by molar-refractivity contribution is 7.80. The van der Waals surface area contributed by atoms with Crippen LogP contribution in [-0.4, -0.2) is 41.0 Å². The van der Waals surface area contributed by atoms with Gasteiger partial charge in [-0.05, 0) is 57.8 Å². The molecule has 146 valence electrons. The number of benzene rings is 1. The molecule has 0 bridgehead atoms. The van der Waals surface area contributed by atoms with Crippen molar-refractivity contribution in [1.29, 1.82) is 0 Å². The molecule has 1 aromatic carbocycles. The molecular formula is C19H31N3O3S. The SMILES string of the molecule is CC(C)(C)NC(=S)N[C@@H](CO)CCCCNC(=O)OCc1ccccc1. The number of amides is 1. The molecule has 0 aliphatic rings. The molecule has 0 aromatic heterocycles. The van der Waals surface area contributed by atoms with Crippen LogP contribution in [0, 0.1) is 0 Å². The largest absolute Gasteiger partial charge is 0.445 e. The Kier molecular flexibility index (Phi) is 9.98. The summed E-state index contributed by atoms with van der Waals surface area (Å²) in [5, 5.41) is 19.0. The van der Waals surface area contributed by atoms with Gasteiger partial charge < -0.3 is 25.8 Å². The van der Waals surface area contributed by atoms with E-state index in [9.17, 15) is 9.90 Å². The Bertz CT molecular complexity index is 547. The van der Waals surface area contributed by atoms with Gasteiger partial charge in [-0.25, -0.2) is 4.79 Å². The number of ether oxygens (including phenoxy) is 1. The quantitative estimate of drug-likeness (QED) is 0.389. The van der Waals surface area contributed by atoms with E-state index in [0.29, 0.717) is 11.7 Å². The average molecular weight is 382 g/mol. The van der Waals surface area contributed by atoms with Gasteiger partial charge in [-0.1, -0.05) is 30.3 Å². The van der Waals surface area contributed by atoms with Gasteiger partial charge in [0, 0.05) is 12.1 Å². The molecule has 1 atom stereocenters. The maximum Gasteiger partial charge on any atom is 0.407 e. The lowest BCUT2D eigenvalue weighted by Gasteiger charge is -2.26. The molecule has 0 saturated heterocycles. The summed E-state index contributed by atoms with van der Waals surface area (Å²) in [5.41, 5.74) is 0.841. The van der Waals surface area contributed by atoms with E-state index in [1.165, 1.54) is 0 Å². The predicted molar refractivity (Wildman–Crippen MR) is 108 cm³/mol. The summed E-state index contributed by atoms with van der Waals surface area (Å²) >= 11 is 5.24. The second kappa shape index (κ2) is 11.7. The second-order valence-electron chi connectivity index (χ2n) is 7.21. The number of thiocarbonyl (C=S) groups is 1. The number of aliphatic hydroxyl groups excluding tert-OH is 1. The topological polar surface area (TPSA) is 82.6 Å². The minimum absolute atomic E-state index is 0.0124. The van der Waals surface area contributed by atoms with Crippen LogP contribution < -0.4 is 16.0 Å². The number of rotatable bonds is 9. The first kappa shape index (κ1) is 22.2. The molecule has 0 spiro atoms. The van der Waals surface area contributed by atoms with Gasteiger partial charge >= 0.3 is 6.09 Å². The van der Waals surface area contributed by atoms with E-state index in [2.05, 4.69) is 16.0 Å². The van der Waals surface area contributed by atoms with Crippen LogP contribution in [-0.2, 0) is 11.3 Å². The van der Waals surface area contributed by atoms with Gasteiger partial charge in [-0.3, -0.25) is 0 Å². The zero-order chi connectivity index (χ0) is 19.4. The van der Waals surface area contributed by atoms with Crippen molar-refractivity contribution in [1.82, 2.24) is 16.0 Å². The van der Waals surface area contributed by atoms with Crippen molar-refractivity contribution in [3.05, 3.63) is 35.9 Å². The van der Waals surface area contributed by atoms with E-state index in [1.807, 2.05) is 51.1 Å². The first-order valence-corrected chi connectivity index (χ1v) is 9.35. The number of hydrogen-bond acceptors (Lipinski definition) is 4. The van der Waals surface area contributed by atoms with E-state index < -0.39 is 6.09 Å². The molecule has 0 radical (unpaired) electrons. The van der Waals surface area contributed by atoms with E-state index in [0.717, 1.165) is 24.8 Å². The van der Waals surface area contributed by atoms with Gasteiger partial charge in [0.25, 0.3) is 0 Å². The Labute approximate surface area is 161 Å². The molecule has 4 N–H and O–H groups in total. The minimum Gasteiger partial charge on any atom is -0.445 e. The number of nitrogens with one attached hydrogen (secondary N) is 3. The van der Waals surface area contributed by atoms with Gasteiger partial charge in [-0.2, -0.15) is 0 Å². The van der Waals surface area contributed by atoms with Crippen LogP contribution in [0.4, 0.5) is 4.79 Å². The summed E-state index contributed by atoms with van der Waals surface area (Å²) in [4.78, 5) is 11.6. The van der Waals surface area contributed by atoms with Crippen molar-refractivity contribution >= 4 is 23.4 Å². The second-order valence-corrected chi connectivity index (χ2v) is 7.62. The number of aliphatic hydroxyl groups is 1. The lowest BCUT2D eigenvalue weighted by Crippen LogP contribution is -2.50. The molecule has 1 aromatic rings. The highest BCUT2D eigenvalue weighted by Crippen LogP contribution is 2.03. The van der Waals surface area contributed by atoms with Crippen LogP contribution in [0.5, 0.6) is 0 Å². The van der Waals surface area contributed by atoms with Crippen LogP contribution in [0.15, 0.2) is 30.3 Å². The lowest BCUT2D eigenvalue weighted by atomic mass is 10.1. The standard InChI is InChI=1S/C19H31N3O3S/c1-19(2,3)22-17(26)21-16(13-23)11-7-8-12-20-18(24)25-14-15-9-5-4-6-10-15/h4-6,9-10,16,23H,7-8,11-14H2,1-3H3,(H,20,24)(H2,21,22,26)/t16-/m1/s1. The molecule has 0 heterocycles. The monoisotopic (exact) mass is 381 g/mol. The minimum atomic E-state index is -0.416. The number of carbonyl (C=O) groups excluding carboxylic acids is 1. The molecule has 7 heteroatoms. The van der Waals surface area contributed by atoms with Gasteiger partial charge in [0.2, 0.25) is 0 Å². The number of unbranched alkanes of at least 4 members (excludes halogenated alkanes) is 1. The summed E-state index contributed by atoms with van der Waals surface area (Å²) in [6, 6.07) is 9.46. The third-order valence-electron chi connectivity index (χ3n) is 3.51. The van der Waals surface area contributed by atoms with Crippen molar-refractivity contribution in [2.24, 2.45) is 0 Å². The molecule has 0 fully saturated rings. The fourth-order valence-corrected chi connectivity index (χ4v) is 2.72. The Morgan fingerprint density at radius 3 is 2.54 bits per heavy atom. The average Bonchev–Trinajstić information content (AvgIpc) is 2.58. The normalized spacial score (nSPS) is 12.2. The van der Waals surface area contributed by atoms with Crippen LogP contribution in [0.3, 0.4) is 0 Å². The van der Waals surface area contributed by atoms with E-state index in [1.54, 1.807) is 0 Å². The van der Waals surface area contributed by atoms with Crippen molar-refractivity contribution in [3.63, 3.8) is 0 Å². The van der Waals surface area contributed by atoms with Gasteiger partial charge in [0.1, 0.15) is 6.61 Å². The van der Waals surface area contributed by atoms with E-state index >= 15 is 0 Å². The third-order valence-corrected chi connectivity index (χ3v) is 3.73. The van der Waals surface area contributed by atoms with Crippen molar-refractivity contribution in [3.8, 4) is 0 Å². The van der Waals surface area contributed by atoms with Crippen LogP contribution in [0.2, 0.25) is 0 Å². The van der Waals surface area contributed by atoms with E-state index in [4.69, 9.17) is 17.0 Å². The fraction of sp³-hybridized carbons (Fsp3) is 0.579. The molecule has 0 aliphatic heterocycles. The zero-order valence-corrected chi connectivity index (χ0v) is 16.7. The first-order chi connectivity index (χ1) is 12.3. The van der Waals surface area contributed by atoms with Crippen LogP contribution >= 0.6 is 12.2 Å².